The van der Waals surface area contributed by atoms with Crippen molar-refractivity contribution in [1.29, 1.82) is 0 Å². The van der Waals surface area contributed by atoms with E-state index in [1.807, 2.05) is 0 Å². The zero-order chi connectivity index (χ0) is 19.4. The van der Waals surface area contributed by atoms with Gasteiger partial charge in [-0.15, -0.1) is 0 Å². The largest absolute Gasteiger partial charge is 0.383 e. The maximum Gasteiger partial charge on any atom is 0.293 e. The molecule has 0 aliphatic carbocycles. The Hall–Kier alpha value is -3.46. The van der Waals surface area contributed by atoms with Crippen molar-refractivity contribution in [1.82, 2.24) is 5.32 Å². The fourth-order valence-electron chi connectivity index (χ4n) is 2.75. The van der Waals surface area contributed by atoms with Crippen LogP contribution in [0.2, 0.25) is 0 Å². The minimum absolute atomic E-state index is 0.143. The van der Waals surface area contributed by atoms with Gasteiger partial charge in [-0.3, -0.25) is 19.7 Å². The first-order valence-electron chi connectivity index (χ1n) is 8.23. The van der Waals surface area contributed by atoms with E-state index < -0.39 is 10.8 Å². The molecular formula is C18H18N4O5. The van der Waals surface area contributed by atoms with Gasteiger partial charge < -0.3 is 20.7 Å². The molecule has 9 heteroatoms. The van der Waals surface area contributed by atoms with Crippen LogP contribution in [0.25, 0.3) is 0 Å². The molecule has 2 amide bonds. The summed E-state index contributed by atoms with van der Waals surface area (Å²) in [6.07, 6.45) is 0. The Morgan fingerprint density at radius 1 is 1.30 bits per heavy atom. The molecule has 0 saturated carbocycles. The average Bonchev–Trinajstić information content (AvgIpc) is 3.02. The summed E-state index contributed by atoms with van der Waals surface area (Å²) in [5, 5.41) is 19.6. The summed E-state index contributed by atoms with van der Waals surface area (Å²) >= 11 is 0. The molecule has 27 heavy (non-hydrogen) atoms. The molecule has 0 unspecified atom stereocenters. The summed E-state index contributed by atoms with van der Waals surface area (Å²) in [5.74, 6) is -0.692. The second-order valence-electron chi connectivity index (χ2n) is 5.92. The van der Waals surface area contributed by atoms with Crippen LogP contribution < -0.4 is 16.0 Å². The third-order valence-electron chi connectivity index (χ3n) is 4.13. The molecule has 0 bridgehead atoms. The number of nitro benzene ring substituents is 1. The Kier molecular flexibility index (Phi) is 5.32. The lowest BCUT2D eigenvalue weighted by Crippen LogP contribution is -2.14. The van der Waals surface area contributed by atoms with Crippen LogP contribution in [0.3, 0.4) is 0 Å². The number of carbonyl (C=O) groups is 2. The summed E-state index contributed by atoms with van der Waals surface area (Å²) in [4.78, 5) is 35.0. The standard InChI is InChI=1S/C18H18N4O5/c1-27-7-6-19-15-5-3-11(8-16(15)22(25)26)17(23)21-13-4-2-12-10-20-18(24)14(12)9-13/h2-5,8-9,19H,6-7,10H2,1H3,(H,20,24)(H,21,23). The molecule has 140 valence electrons. The third-order valence-corrected chi connectivity index (χ3v) is 4.13. The van der Waals surface area contributed by atoms with Gasteiger partial charge in [0.2, 0.25) is 0 Å². The minimum Gasteiger partial charge on any atom is -0.383 e. The summed E-state index contributed by atoms with van der Waals surface area (Å²) < 4.78 is 4.91. The van der Waals surface area contributed by atoms with Gasteiger partial charge in [-0.1, -0.05) is 6.07 Å². The zero-order valence-corrected chi connectivity index (χ0v) is 14.6. The van der Waals surface area contributed by atoms with Gasteiger partial charge in [0.25, 0.3) is 17.5 Å². The lowest BCUT2D eigenvalue weighted by atomic mass is 10.1. The van der Waals surface area contributed by atoms with Crippen molar-refractivity contribution >= 4 is 28.9 Å². The monoisotopic (exact) mass is 370 g/mol. The molecule has 0 radical (unpaired) electrons. The highest BCUT2D eigenvalue weighted by Crippen LogP contribution is 2.26. The predicted molar refractivity (Wildman–Crippen MR) is 99.0 cm³/mol. The van der Waals surface area contributed by atoms with E-state index in [0.29, 0.717) is 36.6 Å². The first-order valence-corrected chi connectivity index (χ1v) is 8.23. The number of anilines is 2. The first kappa shape index (κ1) is 18.3. The fraction of sp³-hybridized carbons (Fsp3) is 0.222. The first-order chi connectivity index (χ1) is 13.0. The molecule has 1 aliphatic rings. The van der Waals surface area contributed by atoms with Crippen LogP contribution in [-0.4, -0.2) is 37.0 Å². The van der Waals surface area contributed by atoms with E-state index in [1.165, 1.54) is 25.3 Å². The SMILES string of the molecule is COCCNc1ccc(C(=O)Nc2ccc3c(c2)C(=O)NC3)cc1[N+](=O)[O-]. The normalized spacial score (nSPS) is 12.3. The second kappa shape index (κ2) is 7.83. The number of amides is 2. The van der Waals surface area contributed by atoms with Crippen LogP contribution in [0, 0.1) is 10.1 Å². The molecule has 0 atom stereocenters. The van der Waals surface area contributed by atoms with Crippen molar-refractivity contribution in [3.63, 3.8) is 0 Å². The van der Waals surface area contributed by atoms with Gasteiger partial charge in [-0.05, 0) is 29.8 Å². The quantitative estimate of drug-likeness (QED) is 0.390. The number of nitrogens with one attached hydrogen (secondary N) is 3. The number of methoxy groups -OCH3 is 1. The van der Waals surface area contributed by atoms with Gasteiger partial charge >= 0.3 is 0 Å². The predicted octanol–water partition coefficient (Wildman–Crippen LogP) is 2.15. The second-order valence-corrected chi connectivity index (χ2v) is 5.92. The number of ether oxygens (including phenoxy) is 1. The molecule has 0 spiro atoms. The Bertz CT molecular complexity index is 913. The lowest BCUT2D eigenvalue weighted by molar-refractivity contribution is -0.384. The maximum absolute atomic E-state index is 12.5. The van der Waals surface area contributed by atoms with Crippen molar-refractivity contribution in [2.45, 2.75) is 6.54 Å². The van der Waals surface area contributed by atoms with Crippen molar-refractivity contribution in [3.8, 4) is 0 Å². The zero-order valence-electron chi connectivity index (χ0n) is 14.6. The minimum atomic E-state index is -0.550. The Morgan fingerprint density at radius 2 is 2.11 bits per heavy atom. The van der Waals surface area contributed by atoms with Crippen LogP contribution in [0.1, 0.15) is 26.3 Å². The molecule has 3 N–H and O–H groups in total. The highest BCUT2D eigenvalue weighted by Gasteiger charge is 2.20. The molecular weight excluding hydrogens is 352 g/mol. The number of nitro groups is 1. The van der Waals surface area contributed by atoms with Crippen molar-refractivity contribution in [2.24, 2.45) is 0 Å². The van der Waals surface area contributed by atoms with E-state index >= 15 is 0 Å². The molecule has 0 fully saturated rings. The fourth-order valence-corrected chi connectivity index (χ4v) is 2.75. The summed E-state index contributed by atoms with van der Waals surface area (Å²) in [6, 6.07) is 9.23. The molecule has 2 aromatic rings. The smallest absolute Gasteiger partial charge is 0.293 e. The number of hydrogen-bond donors (Lipinski definition) is 3. The molecule has 0 aromatic heterocycles. The Morgan fingerprint density at radius 3 is 2.85 bits per heavy atom. The summed E-state index contributed by atoms with van der Waals surface area (Å²) in [7, 11) is 1.53. The van der Waals surface area contributed by atoms with Crippen molar-refractivity contribution < 1.29 is 19.2 Å². The van der Waals surface area contributed by atoms with Gasteiger partial charge in [-0.2, -0.15) is 0 Å². The van der Waals surface area contributed by atoms with E-state index in [4.69, 9.17) is 4.74 Å². The average molecular weight is 370 g/mol. The van der Waals surface area contributed by atoms with E-state index in [0.717, 1.165) is 5.56 Å². The molecule has 0 saturated heterocycles. The van der Waals surface area contributed by atoms with Crippen LogP contribution >= 0.6 is 0 Å². The molecule has 1 aliphatic heterocycles. The number of hydrogen-bond acceptors (Lipinski definition) is 6. The van der Waals surface area contributed by atoms with E-state index in [-0.39, 0.29) is 17.2 Å². The number of nitrogens with zero attached hydrogens (tertiary/aromatic N) is 1. The molecule has 1 heterocycles. The Labute approximate surface area is 154 Å². The van der Waals surface area contributed by atoms with Gasteiger partial charge in [0.15, 0.2) is 0 Å². The Balaban J connectivity index is 1.78. The van der Waals surface area contributed by atoms with Gasteiger partial charge in [0.05, 0.1) is 11.5 Å². The third kappa shape index (κ3) is 4.04. The van der Waals surface area contributed by atoms with Gasteiger partial charge in [0.1, 0.15) is 5.69 Å². The van der Waals surface area contributed by atoms with Crippen molar-refractivity contribution in [2.75, 3.05) is 30.9 Å². The highest BCUT2D eigenvalue weighted by molar-refractivity contribution is 6.06. The number of fused-ring (bicyclic) bond motifs is 1. The molecule has 9 nitrogen and oxygen atoms in total. The van der Waals surface area contributed by atoms with Crippen LogP contribution in [0.15, 0.2) is 36.4 Å². The summed E-state index contributed by atoms with van der Waals surface area (Å²) in [5.41, 5.74) is 2.07. The molecule has 2 aromatic carbocycles. The van der Waals surface area contributed by atoms with E-state index in [1.54, 1.807) is 18.2 Å². The number of rotatable bonds is 7. The van der Waals surface area contributed by atoms with Crippen LogP contribution in [0.5, 0.6) is 0 Å². The van der Waals surface area contributed by atoms with Crippen LogP contribution in [-0.2, 0) is 11.3 Å². The summed E-state index contributed by atoms with van der Waals surface area (Å²) in [6.45, 7) is 1.26. The van der Waals surface area contributed by atoms with Crippen LogP contribution in [0.4, 0.5) is 17.1 Å². The topological polar surface area (TPSA) is 123 Å². The van der Waals surface area contributed by atoms with Gasteiger partial charge in [-0.25, -0.2) is 0 Å². The highest BCUT2D eigenvalue weighted by atomic mass is 16.6. The maximum atomic E-state index is 12.5. The number of carbonyl (C=O) groups excluding carboxylic acids is 2. The van der Waals surface area contributed by atoms with Gasteiger partial charge in [0, 0.05) is 43.1 Å². The molecule has 3 rings (SSSR count). The van der Waals surface area contributed by atoms with E-state index in [9.17, 15) is 19.7 Å². The van der Waals surface area contributed by atoms with Crippen molar-refractivity contribution in [3.05, 3.63) is 63.2 Å². The lowest BCUT2D eigenvalue weighted by Gasteiger charge is -2.09. The number of benzene rings is 2. The van der Waals surface area contributed by atoms with E-state index in [2.05, 4.69) is 16.0 Å².